The number of ether oxygens (including phenoxy) is 1. The van der Waals surface area contributed by atoms with Gasteiger partial charge in [0, 0.05) is 13.0 Å². The number of hydrogen-bond acceptors (Lipinski definition) is 4. The van der Waals surface area contributed by atoms with Gasteiger partial charge in [-0.1, -0.05) is 82.3 Å². The second-order valence-electron chi connectivity index (χ2n) is 11.5. The van der Waals surface area contributed by atoms with Crippen molar-refractivity contribution in [1.82, 2.24) is 14.3 Å². The highest BCUT2D eigenvalue weighted by Gasteiger charge is 2.16. The molecule has 7 heteroatoms. The van der Waals surface area contributed by atoms with Crippen LogP contribution in [0.1, 0.15) is 80.3 Å². The molecule has 0 aliphatic heterocycles. The van der Waals surface area contributed by atoms with Gasteiger partial charge in [0.25, 0.3) is 0 Å². The summed E-state index contributed by atoms with van der Waals surface area (Å²) in [5, 5.41) is 14.3. The lowest BCUT2D eigenvalue weighted by atomic mass is 9.87. The van der Waals surface area contributed by atoms with Gasteiger partial charge in [-0.15, -0.1) is 0 Å². The fourth-order valence-corrected chi connectivity index (χ4v) is 4.90. The number of rotatable bonds is 12. The number of aromatic carboxylic acids is 1. The molecule has 41 heavy (non-hydrogen) atoms. The third kappa shape index (κ3) is 7.34. The molecule has 0 unspecified atom stereocenters. The molecule has 0 atom stereocenters. The van der Waals surface area contributed by atoms with Crippen molar-refractivity contribution >= 4 is 5.97 Å². The number of aromatic nitrogens is 3. The molecule has 3 aromatic carbocycles. The molecule has 0 amide bonds. The van der Waals surface area contributed by atoms with E-state index in [1.807, 2.05) is 32.0 Å². The number of benzene rings is 3. The molecular weight excluding hydrogens is 514 g/mol. The summed E-state index contributed by atoms with van der Waals surface area (Å²) in [6, 6.07) is 21.9. The molecule has 0 aliphatic rings. The summed E-state index contributed by atoms with van der Waals surface area (Å²) in [5.74, 6) is 0.208. The molecule has 1 N–H and O–H groups in total. The largest absolute Gasteiger partial charge is 0.493 e. The Morgan fingerprint density at radius 1 is 0.902 bits per heavy atom. The van der Waals surface area contributed by atoms with Crippen LogP contribution < -0.4 is 10.4 Å². The van der Waals surface area contributed by atoms with Gasteiger partial charge in [0.2, 0.25) is 0 Å². The zero-order chi connectivity index (χ0) is 29.6. The fourth-order valence-electron chi connectivity index (χ4n) is 4.90. The molecule has 1 aromatic heterocycles. The van der Waals surface area contributed by atoms with Crippen molar-refractivity contribution in [3.8, 4) is 16.9 Å². The van der Waals surface area contributed by atoms with Gasteiger partial charge in [0.1, 0.15) is 17.1 Å². The maximum absolute atomic E-state index is 13.0. The summed E-state index contributed by atoms with van der Waals surface area (Å²) in [6.07, 6.45) is 3.24. The van der Waals surface area contributed by atoms with E-state index in [1.165, 1.54) is 11.1 Å². The maximum Gasteiger partial charge on any atom is 0.346 e. The minimum atomic E-state index is -0.999. The Labute approximate surface area is 242 Å². The zero-order valence-corrected chi connectivity index (χ0v) is 24.8. The first-order chi connectivity index (χ1) is 19.6. The molecule has 0 radical (unpaired) electrons. The Morgan fingerprint density at radius 2 is 1.56 bits per heavy atom. The SMILES string of the molecule is CCCOc1ccc(-c2ccc(CCCc3nn(Cc4ccc(C(C)(C)C)cc4)c(=O)n3CC)cc2)cc1C(=O)O. The van der Waals surface area contributed by atoms with Crippen molar-refractivity contribution in [2.45, 2.75) is 78.8 Å². The molecule has 0 fully saturated rings. The van der Waals surface area contributed by atoms with Crippen molar-refractivity contribution in [3.05, 3.63) is 105 Å². The monoisotopic (exact) mass is 555 g/mol. The van der Waals surface area contributed by atoms with Crippen LogP contribution in [0.15, 0.2) is 71.5 Å². The third-order valence-electron chi connectivity index (χ3n) is 7.29. The molecular formula is C34H41N3O4. The van der Waals surface area contributed by atoms with Gasteiger partial charge in [-0.2, -0.15) is 5.10 Å². The highest BCUT2D eigenvalue weighted by atomic mass is 16.5. The molecule has 216 valence electrons. The Hall–Kier alpha value is -4.13. The first-order valence-corrected chi connectivity index (χ1v) is 14.5. The van der Waals surface area contributed by atoms with Crippen LogP contribution in [-0.4, -0.2) is 32.0 Å². The Balaban J connectivity index is 1.40. The van der Waals surface area contributed by atoms with Crippen molar-refractivity contribution in [2.24, 2.45) is 0 Å². The fraction of sp³-hybridized carbons (Fsp3) is 0.382. The quantitative estimate of drug-likeness (QED) is 0.209. The molecule has 7 nitrogen and oxygen atoms in total. The van der Waals surface area contributed by atoms with Crippen molar-refractivity contribution in [1.29, 1.82) is 0 Å². The topological polar surface area (TPSA) is 86.4 Å². The van der Waals surface area contributed by atoms with Crippen molar-refractivity contribution in [3.63, 3.8) is 0 Å². The van der Waals surface area contributed by atoms with Crippen LogP contribution in [-0.2, 0) is 31.3 Å². The minimum Gasteiger partial charge on any atom is -0.493 e. The number of nitrogens with zero attached hydrogens (tertiary/aromatic N) is 3. The lowest BCUT2D eigenvalue weighted by Crippen LogP contribution is -2.25. The van der Waals surface area contributed by atoms with Gasteiger partial charge < -0.3 is 9.84 Å². The maximum atomic E-state index is 13.0. The molecule has 0 saturated carbocycles. The van der Waals surface area contributed by atoms with E-state index in [0.717, 1.165) is 41.8 Å². The lowest BCUT2D eigenvalue weighted by molar-refractivity contribution is 0.0692. The van der Waals surface area contributed by atoms with Crippen LogP contribution >= 0.6 is 0 Å². The van der Waals surface area contributed by atoms with Crippen LogP contribution in [0.25, 0.3) is 11.1 Å². The van der Waals surface area contributed by atoms with Crippen LogP contribution in [0.5, 0.6) is 5.75 Å². The van der Waals surface area contributed by atoms with Crippen molar-refractivity contribution in [2.75, 3.05) is 6.61 Å². The van der Waals surface area contributed by atoms with Crippen molar-refractivity contribution < 1.29 is 14.6 Å². The first-order valence-electron chi connectivity index (χ1n) is 14.5. The summed E-state index contributed by atoms with van der Waals surface area (Å²) >= 11 is 0. The second-order valence-corrected chi connectivity index (χ2v) is 11.5. The number of carboxylic acid groups (broad SMARTS) is 1. The van der Waals surface area contributed by atoms with Gasteiger partial charge in [-0.05, 0) is 71.6 Å². The summed E-state index contributed by atoms with van der Waals surface area (Å²) in [6.45, 7) is 12.1. The molecule has 0 aliphatic carbocycles. The van der Waals surface area contributed by atoms with Crippen LogP contribution in [0.2, 0.25) is 0 Å². The van der Waals surface area contributed by atoms with Gasteiger partial charge >= 0.3 is 11.7 Å². The van der Waals surface area contributed by atoms with E-state index in [2.05, 4.69) is 62.3 Å². The van der Waals surface area contributed by atoms with E-state index in [-0.39, 0.29) is 16.7 Å². The zero-order valence-electron chi connectivity index (χ0n) is 24.8. The Bertz CT molecular complexity index is 1520. The summed E-state index contributed by atoms with van der Waals surface area (Å²) in [5.41, 5.74) is 5.48. The van der Waals surface area contributed by atoms with E-state index in [4.69, 9.17) is 4.74 Å². The molecule has 0 bridgehead atoms. The highest BCUT2D eigenvalue weighted by molar-refractivity contribution is 5.92. The third-order valence-corrected chi connectivity index (χ3v) is 7.29. The molecule has 1 heterocycles. The van der Waals surface area contributed by atoms with E-state index in [9.17, 15) is 14.7 Å². The van der Waals surface area contributed by atoms with Gasteiger partial charge in [-0.25, -0.2) is 14.3 Å². The normalized spacial score (nSPS) is 11.5. The molecule has 4 rings (SSSR count). The van der Waals surface area contributed by atoms with E-state index < -0.39 is 5.97 Å². The Kier molecular flexibility index (Phi) is 9.48. The number of carboxylic acids is 1. The predicted octanol–water partition coefficient (Wildman–Crippen LogP) is 6.74. The smallest absolute Gasteiger partial charge is 0.346 e. The van der Waals surface area contributed by atoms with E-state index in [1.54, 1.807) is 21.4 Å². The number of aryl methyl sites for hydroxylation is 2. The molecule has 0 saturated heterocycles. The summed E-state index contributed by atoms with van der Waals surface area (Å²) in [4.78, 5) is 24.8. The first kappa shape index (κ1) is 29.8. The number of hydrogen-bond donors (Lipinski definition) is 1. The van der Waals surface area contributed by atoms with Crippen LogP contribution in [0, 0.1) is 0 Å². The second kappa shape index (κ2) is 13.0. The summed E-state index contributed by atoms with van der Waals surface area (Å²) in [7, 11) is 0. The summed E-state index contributed by atoms with van der Waals surface area (Å²) < 4.78 is 8.94. The molecule has 0 spiro atoms. The average molecular weight is 556 g/mol. The van der Waals surface area contributed by atoms with E-state index in [0.29, 0.717) is 31.9 Å². The lowest BCUT2D eigenvalue weighted by Gasteiger charge is -2.19. The molecule has 4 aromatic rings. The van der Waals surface area contributed by atoms with E-state index >= 15 is 0 Å². The standard InChI is InChI=1S/C34H41N3O4/c1-6-21-41-30-20-17-27(22-29(30)32(38)39)26-15-11-24(12-16-26)9-8-10-31-35-37(33(40)36(31)7-2)23-25-13-18-28(19-14-25)34(3,4)5/h11-20,22H,6-10,21,23H2,1-5H3,(H,38,39). The predicted molar refractivity (Wildman–Crippen MR) is 163 cm³/mol. The van der Waals surface area contributed by atoms with Crippen LogP contribution in [0.4, 0.5) is 0 Å². The minimum absolute atomic E-state index is 0.0707. The highest BCUT2D eigenvalue weighted by Crippen LogP contribution is 2.28. The van der Waals surface area contributed by atoms with Gasteiger partial charge in [0.05, 0.1) is 13.2 Å². The Morgan fingerprint density at radius 3 is 2.17 bits per heavy atom. The number of carbonyl (C=O) groups is 1. The van der Waals surface area contributed by atoms with Crippen LogP contribution in [0.3, 0.4) is 0 Å². The van der Waals surface area contributed by atoms with Gasteiger partial charge in [-0.3, -0.25) is 4.57 Å². The average Bonchev–Trinajstić information content (AvgIpc) is 3.25. The van der Waals surface area contributed by atoms with Gasteiger partial charge in [0.15, 0.2) is 0 Å².